The quantitative estimate of drug-likeness (QED) is 0.110. The summed E-state index contributed by atoms with van der Waals surface area (Å²) in [6.07, 6.45) is 0.557. The number of rotatable bonds is 4. The Hall–Kier alpha value is -2.98. The molecule has 4 aromatic rings. The minimum atomic E-state index is -5.40. The Labute approximate surface area is 258 Å². The average Bonchev–Trinajstić information content (AvgIpc) is 3.43. The fourth-order valence-electron chi connectivity index (χ4n) is 4.84. The Morgan fingerprint density at radius 2 is 0.814 bits per heavy atom. The maximum Gasteiger partial charge on any atom is 2.00 e. The van der Waals surface area contributed by atoms with Crippen LogP contribution in [-0.4, -0.2) is 33.7 Å². The van der Waals surface area contributed by atoms with Gasteiger partial charge in [0.15, 0.2) is 0 Å². The van der Waals surface area contributed by atoms with Crippen LogP contribution in [0, 0.1) is 12.1 Å². The smallest absolute Gasteiger partial charge is 0.203 e. The van der Waals surface area contributed by atoms with Crippen LogP contribution in [0.3, 0.4) is 0 Å². The zero-order valence-electron chi connectivity index (χ0n) is 21.3. The predicted octanol–water partition coefficient (Wildman–Crippen LogP) is 4.75. The van der Waals surface area contributed by atoms with Crippen LogP contribution < -0.4 is 0 Å². The molecule has 0 aromatic heterocycles. The predicted molar refractivity (Wildman–Crippen MR) is 140 cm³/mol. The third-order valence-electron chi connectivity index (χ3n) is 6.54. The second kappa shape index (κ2) is 11.2. The first-order chi connectivity index (χ1) is 19.4. The Bertz CT molecular complexity index is 2100. The second-order valence-corrected chi connectivity index (χ2v) is 14.3. The molecule has 0 saturated carbocycles. The fourth-order valence-corrected chi connectivity index (χ4v) is 8.18. The molecule has 0 saturated heterocycles. The summed E-state index contributed by atoms with van der Waals surface area (Å²) in [5, 5.41) is 0. The number of hydrogen-bond donors (Lipinski definition) is 0. The standard InChI is InChI=1S/2C13H7F2O4S2.Zn/c2*14-20(16,17)12-6-9-5-8-3-1-2-4-10(8)11(9)7-13(12)21(15,18)19;/h2*1-4,7H,5H2;/q2*-1;+2. The van der Waals surface area contributed by atoms with Crippen LogP contribution in [0.1, 0.15) is 22.3 Å². The summed E-state index contributed by atoms with van der Waals surface area (Å²) >= 11 is 0. The summed E-state index contributed by atoms with van der Waals surface area (Å²) < 4.78 is 142. The molecule has 43 heavy (non-hydrogen) atoms. The molecule has 0 amide bonds. The number of benzene rings is 4. The van der Waals surface area contributed by atoms with Gasteiger partial charge < -0.3 is 0 Å². The number of fused-ring (bicyclic) bond motifs is 6. The van der Waals surface area contributed by atoms with Gasteiger partial charge in [-0.2, -0.15) is 29.0 Å². The Kier molecular flexibility index (Phi) is 8.56. The van der Waals surface area contributed by atoms with Crippen LogP contribution in [0.2, 0.25) is 0 Å². The van der Waals surface area contributed by atoms with Gasteiger partial charge in [-0.3, -0.25) is 0 Å². The molecule has 2 aliphatic rings. The van der Waals surface area contributed by atoms with E-state index in [-0.39, 0.29) is 32.3 Å². The third kappa shape index (κ3) is 6.46. The van der Waals surface area contributed by atoms with Gasteiger partial charge >= 0.3 is 39.9 Å². The van der Waals surface area contributed by atoms with Gasteiger partial charge in [0.1, 0.15) is 0 Å². The van der Waals surface area contributed by atoms with Gasteiger partial charge in [0.05, 0.1) is 0 Å². The van der Waals surface area contributed by atoms with Crippen LogP contribution in [0.25, 0.3) is 22.3 Å². The van der Waals surface area contributed by atoms with E-state index in [1.165, 1.54) is 0 Å². The van der Waals surface area contributed by atoms with Gasteiger partial charge in [0.2, 0.25) is 0 Å². The molecule has 0 unspecified atom stereocenters. The number of halogens is 4. The Balaban J connectivity index is 0.000000192. The van der Waals surface area contributed by atoms with E-state index in [0.717, 1.165) is 23.3 Å². The van der Waals surface area contributed by atoms with E-state index in [4.69, 9.17) is 0 Å². The molecule has 0 spiro atoms. The summed E-state index contributed by atoms with van der Waals surface area (Å²) in [5.74, 6) is 0. The maximum atomic E-state index is 13.3. The van der Waals surface area contributed by atoms with Gasteiger partial charge in [0.25, 0.3) is 20.4 Å². The van der Waals surface area contributed by atoms with Crippen molar-refractivity contribution in [3.8, 4) is 22.3 Å². The first-order valence-electron chi connectivity index (χ1n) is 11.5. The van der Waals surface area contributed by atoms with Gasteiger partial charge in [-0.15, -0.1) is 49.9 Å². The Morgan fingerprint density at radius 3 is 1.12 bits per heavy atom. The van der Waals surface area contributed by atoms with Crippen LogP contribution in [0.4, 0.5) is 15.5 Å². The normalized spacial score (nSPS) is 13.5. The van der Waals surface area contributed by atoms with Gasteiger partial charge in [-0.05, 0) is 12.8 Å². The molecule has 17 heteroatoms. The Morgan fingerprint density at radius 1 is 0.488 bits per heavy atom. The molecule has 0 bridgehead atoms. The molecule has 0 atom stereocenters. The van der Waals surface area contributed by atoms with Gasteiger partial charge in [-0.1, -0.05) is 70.8 Å². The summed E-state index contributed by atoms with van der Waals surface area (Å²) in [7, 11) is -21.6. The van der Waals surface area contributed by atoms with E-state index in [1.807, 2.05) is 0 Å². The van der Waals surface area contributed by atoms with Crippen molar-refractivity contribution in [3.63, 3.8) is 0 Å². The van der Waals surface area contributed by atoms with Crippen LogP contribution in [-0.2, 0) is 73.2 Å². The summed E-state index contributed by atoms with van der Waals surface area (Å²) in [4.78, 5) is -5.01. The second-order valence-electron chi connectivity index (χ2n) is 9.13. The van der Waals surface area contributed by atoms with E-state index in [0.29, 0.717) is 33.4 Å². The van der Waals surface area contributed by atoms with E-state index < -0.39 is 60.5 Å². The zero-order chi connectivity index (χ0) is 30.8. The molecule has 0 N–H and O–H groups in total. The molecule has 0 aliphatic heterocycles. The van der Waals surface area contributed by atoms with E-state index in [2.05, 4.69) is 12.1 Å². The first kappa shape index (κ1) is 32.9. The maximum absolute atomic E-state index is 13.3. The molecule has 0 fully saturated rings. The van der Waals surface area contributed by atoms with Crippen molar-refractivity contribution in [1.29, 1.82) is 0 Å². The molecule has 0 heterocycles. The van der Waals surface area contributed by atoms with Crippen molar-refractivity contribution < 1.29 is 68.7 Å². The zero-order valence-corrected chi connectivity index (χ0v) is 27.5. The van der Waals surface area contributed by atoms with Gasteiger partial charge in [0, 0.05) is 19.6 Å². The minimum Gasteiger partial charge on any atom is -0.203 e. The summed E-state index contributed by atoms with van der Waals surface area (Å²) in [6.45, 7) is 0. The summed E-state index contributed by atoms with van der Waals surface area (Å²) in [6, 6.07) is 19.9. The van der Waals surface area contributed by atoms with Gasteiger partial charge in [-0.25, -0.2) is 16.8 Å². The monoisotopic (exact) mass is 722 g/mol. The van der Waals surface area contributed by atoms with Crippen molar-refractivity contribution >= 4 is 40.9 Å². The molecule has 8 nitrogen and oxygen atoms in total. The topological polar surface area (TPSA) is 137 Å². The summed E-state index contributed by atoms with van der Waals surface area (Å²) in [5.41, 5.74) is 4.23. The molecule has 4 aromatic carbocycles. The van der Waals surface area contributed by atoms with Crippen molar-refractivity contribution in [2.24, 2.45) is 0 Å². The van der Waals surface area contributed by atoms with E-state index >= 15 is 0 Å². The van der Waals surface area contributed by atoms with Crippen LogP contribution in [0.15, 0.2) is 80.2 Å². The van der Waals surface area contributed by atoms with Crippen LogP contribution in [0.5, 0.6) is 0 Å². The molecule has 6 rings (SSSR count). The minimum absolute atomic E-state index is 0. The van der Waals surface area contributed by atoms with Crippen molar-refractivity contribution in [2.75, 3.05) is 0 Å². The molecule has 0 radical (unpaired) electrons. The van der Waals surface area contributed by atoms with Crippen molar-refractivity contribution in [2.45, 2.75) is 32.4 Å². The van der Waals surface area contributed by atoms with E-state index in [9.17, 15) is 49.2 Å². The SMILES string of the molecule is O=S(=O)(F)c1[c-]c2c(cc1S(=O)(=O)F)-c1ccccc1C2.O=S(=O)(F)c1[c-]c2c(cc1S(=O)(=O)F)-c1ccccc1C2.[Zn+2]. The van der Waals surface area contributed by atoms with E-state index in [1.54, 1.807) is 48.5 Å². The number of hydrogen-bond acceptors (Lipinski definition) is 8. The fraction of sp³-hybridized carbons (Fsp3) is 0.0769. The third-order valence-corrected chi connectivity index (χ3v) is 10.1. The first-order valence-corrected chi connectivity index (χ1v) is 17.0. The van der Waals surface area contributed by atoms with Crippen molar-refractivity contribution in [1.82, 2.24) is 0 Å². The molecule has 2 aliphatic carbocycles. The molecule has 220 valence electrons. The average molecular weight is 724 g/mol. The van der Waals surface area contributed by atoms with Crippen molar-refractivity contribution in [3.05, 3.63) is 95.1 Å². The molecular formula is C26H14F4O8S4Zn. The van der Waals surface area contributed by atoms with Crippen LogP contribution >= 0.6 is 0 Å². The largest absolute Gasteiger partial charge is 2.00 e. The molecular weight excluding hydrogens is 710 g/mol.